The molecule has 0 saturated carbocycles. The lowest BCUT2D eigenvalue weighted by atomic mass is 10.2. The highest BCUT2D eigenvalue weighted by Gasteiger charge is 2.14. The van der Waals surface area contributed by atoms with E-state index in [1.807, 2.05) is 55.5 Å². The van der Waals surface area contributed by atoms with Crippen LogP contribution in [0.25, 0.3) is 0 Å². The van der Waals surface area contributed by atoms with E-state index in [0.29, 0.717) is 18.9 Å². The third-order valence-corrected chi connectivity index (χ3v) is 3.70. The second-order valence-electron chi connectivity index (χ2n) is 5.01. The summed E-state index contributed by atoms with van der Waals surface area (Å²) in [7, 11) is 0. The minimum Gasteiger partial charge on any atom is -0.494 e. The van der Waals surface area contributed by atoms with Gasteiger partial charge in [-0.2, -0.15) is 0 Å². The Morgan fingerprint density at radius 3 is 2.61 bits per heavy atom. The van der Waals surface area contributed by atoms with Crippen LogP contribution in [0.5, 0.6) is 11.5 Å². The third kappa shape index (κ3) is 5.60. The number of ether oxygens (including phenoxy) is 2. The van der Waals surface area contributed by atoms with Gasteiger partial charge in [0.2, 0.25) is 0 Å². The Bertz CT molecular complexity index is 643. The second-order valence-corrected chi connectivity index (χ2v) is 5.93. The van der Waals surface area contributed by atoms with E-state index in [1.54, 1.807) is 6.92 Å². The quantitative estimate of drug-likeness (QED) is 0.794. The molecule has 0 aliphatic carbocycles. The Kier molecular flexibility index (Phi) is 6.47. The molecule has 0 unspecified atom stereocenters. The molecule has 1 amide bonds. The summed E-state index contributed by atoms with van der Waals surface area (Å²) in [6.45, 7) is 4.73. The van der Waals surface area contributed by atoms with E-state index >= 15 is 0 Å². The average Bonchev–Trinajstić information content (AvgIpc) is 2.55. The number of carbonyl (C=O) groups is 1. The highest BCUT2D eigenvalue weighted by atomic mass is 79.9. The molecule has 0 spiro atoms. The van der Waals surface area contributed by atoms with Crippen LogP contribution in [0.2, 0.25) is 0 Å². The molecule has 0 aromatic heterocycles. The molecule has 5 heteroatoms. The molecule has 1 N–H and O–H groups in total. The van der Waals surface area contributed by atoms with Gasteiger partial charge in [-0.15, -0.1) is 0 Å². The zero-order chi connectivity index (χ0) is 16.7. The van der Waals surface area contributed by atoms with Crippen molar-refractivity contribution in [1.29, 1.82) is 0 Å². The molecule has 0 radical (unpaired) electrons. The standard InChI is InChI=1S/C18H20BrNO3/c1-3-22-17-6-4-5-14(11-17)12-20-18(21)13(2)23-16-9-7-15(19)8-10-16/h4-11,13H,3,12H2,1-2H3,(H,20,21)/t13-/m0/s1. The van der Waals surface area contributed by atoms with Crippen LogP contribution >= 0.6 is 15.9 Å². The van der Waals surface area contributed by atoms with Gasteiger partial charge in [0.05, 0.1) is 6.61 Å². The van der Waals surface area contributed by atoms with Crippen LogP contribution in [-0.2, 0) is 11.3 Å². The van der Waals surface area contributed by atoms with Gasteiger partial charge in [0.15, 0.2) is 6.10 Å². The topological polar surface area (TPSA) is 47.6 Å². The molecule has 1 atom stereocenters. The predicted molar refractivity (Wildman–Crippen MR) is 93.7 cm³/mol. The van der Waals surface area contributed by atoms with Gasteiger partial charge in [0.25, 0.3) is 5.91 Å². The van der Waals surface area contributed by atoms with Crippen LogP contribution in [-0.4, -0.2) is 18.6 Å². The van der Waals surface area contributed by atoms with Gasteiger partial charge >= 0.3 is 0 Å². The number of amides is 1. The van der Waals surface area contributed by atoms with Gasteiger partial charge in [-0.25, -0.2) is 0 Å². The van der Waals surface area contributed by atoms with Crippen LogP contribution in [0.4, 0.5) is 0 Å². The van der Waals surface area contributed by atoms with Crippen molar-refractivity contribution in [3.8, 4) is 11.5 Å². The minimum absolute atomic E-state index is 0.158. The van der Waals surface area contributed by atoms with Crippen molar-refractivity contribution < 1.29 is 14.3 Å². The van der Waals surface area contributed by atoms with Crippen LogP contribution < -0.4 is 14.8 Å². The van der Waals surface area contributed by atoms with E-state index in [1.165, 1.54) is 0 Å². The highest BCUT2D eigenvalue weighted by molar-refractivity contribution is 9.10. The summed E-state index contributed by atoms with van der Waals surface area (Å²) in [6, 6.07) is 15.1. The molecule has 122 valence electrons. The van der Waals surface area contributed by atoms with Gasteiger partial charge in [0, 0.05) is 11.0 Å². The lowest BCUT2D eigenvalue weighted by Gasteiger charge is -2.15. The van der Waals surface area contributed by atoms with Crippen LogP contribution in [0.3, 0.4) is 0 Å². The van der Waals surface area contributed by atoms with E-state index < -0.39 is 6.10 Å². The van der Waals surface area contributed by atoms with E-state index in [4.69, 9.17) is 9.47 Å². The summed E-state index contributed by atoms with van der Waals surface area (Å²) in [5.41, 5.74) is 0.986. The van der Waals surface area contributed by atoms with Crippen molar-refractivity contribution in [1.82, 2.24) is 5.32 Å². The maximum atomic E-state index is 12.1. The molecule has 0 bridgehead atoms. The first-order valence-corrected chi connectivity index (χ1v) is 8.29. The molecule has 0 fully saturated rings. The number of hydrogen-bond donors (Lipinski definition) is 1. The Morgan fingerprint density at radius 1 is 1.17 bits per heavy atom. The van der Waals surface area contributed by atoms with Crippen molar-refractivity contribution in [2.75, 3.05) is 6.61 Å². The zero-order valence-electron chi connectivity index (χ0n) is 13.2. The number of carbonyl (C=O) groups excluding carboxylic acids is 1. The van der Waals surface area contributed by atoms with Crippen molar-refractivity contribution in [3.05, 3.63) is 58.6 Å². The lowest BCUT2D eigenvalue weighted by molar-refractivity contribution is -0.127. The monoisotopic (exact) mass is 377 g/mol. The fourth-order valence-electron chi connectivity index (χ4n) is 2.02. The van der Waals surface area contributed by atoms with Gasteiger partial charge < -0.3 is 14.8 Å². The highest BCUT2D eigenvalue weighted by Crippen LogP contribution is 2.17. The van der Waals surface area contributed by atoms with Gasteiger partial charge in [-0.1, -0.05) is 28.1 Å². The van der Waals surface area contributed by atoms with E-state index in [-0.39, 0.29) is 5.91 Å². The first-order valence-electron chi connectivity index (χ1n) is 7.50. The summed E-state index contributed by atoms with van der Waals surface area (Å²) in [6.07, 6.45) is -0.564. The van der Waals surface area contributed by atoms with Crippen LogP contribution in [0.1, 0.15) is 19.4 Å². The molecule has 2 aromatic carbocycles. The minimum atomic E-state index is -0.564. The number of hydrogen-bond acceptors (Lipinski definition) is 3. The molecular weight excluding hydrogens is 358 g/mol. The number of halogens is 1. The number of benzene rings is 2. The molecule has 23 heavy (non-hydrogen) atoms. The van der Waals surface area contributed by atoms with Crippen molar-refractivity contribution in [2.45, 2.75) is 26.5 Å². The van der Waals surface area contributed by atoms with Gasteiger partial charge in [-0.3, -0.25) is 4.79 Å². The normalized spacial score (nSPS) is 11.6. The van der Waals surface area contributed by atoms with Crippen molar-refractivity contribution in [3.63, 3.8) is 0 Å². The Hall–Kier alpha value is -2.01. The number of rotatable bonds is 7. The maximum Gasteiger partial charge on any atom is 0.261 e. The molecule has 2 rings (SSSR count). The summed E-state index contributed by atoms with van der Waals surface area (Å²) in [5, 5.41) is 2.87. The summed E-state index contributed by atoms with van der Waals surface area (Å²) >= 11 is 3.36. The third-order valence-electron chi connectivity index (χ3n) is 3.17. The zero-order valence-corrected chi connectivity index (χ0v) is 14.8. The van der Waals surface area contributed by atoms with E-state index in [0.717, 1.165) is 15.8 Å². The predicted octanol–water partition coefficient (Wildman–Crippen LogP) is 3.93. The summed E-state index contributed by atoms with van der Waals surface area (Å²) < 4.78 is 12.0. The maximum absolute atomic E-state index is 12.1. The first-order chi connectivity index (χ1) is 11.1. The fraction of sp³-hybridized carbons (Fsp3) is 0.278. The molecular formula is C18H20BrNO3. The Morgan fingerprint density at radius 2 is 1.91 bits per heavy atom. The molecule has 0 saturated heterocycles. The Labute approximate surface area is 144 Å². The summed E-state index contributed by atoms with van der Waals surface area (Å²) in [5.74, 6) is 1.31. The average molecular weight is 378 g/mol. The lowest BCUT2D eigenvalue weighted by Crippen LogP contribution is -2.35. The largest absolute Gasteiger partial charge is 0.494 e. The summed E-state index contributed by atoms with van der Waals surface area (Å²) in [4.78, 5) is 12.1. The molecule has 0 heterocycles. The fourth-order valence-corrected chi connectivity index (χ4v) is 2.28. The number of nitrogens with one attached hydrogen (secondary N) is 1. The first kappa shape index (κ1) is 17.3. The Balaban J connectivity index is 1.86. The van der Waals surface area contributed by atoms with Gasteiger partial charge in [0.1, 0.15) is 11.5 Å². The SMILES string of the molecule is CCOc1cccc(CNC(=O)[C@H](C)Oc2ccc(Br)cc2)c1. The van der Waals surface area contributed by atoms with Crippen molar-refractivity contribution >= 4 is 21.8 Å². The van der Waals surface area contributed by atoms with Crippen LogP contribution in [0, 0.1) is 0 Å². The smallest absolute Gasteiger partial charge is 0.261 e. The molecule has 0 aliphatic rings. The second kappa shape index (κ2) is 8.58. The molecule has 2 aromatic rings. The van der Waals surface area contributed by atoms with Crippen molar-refractivity contribution in [2.24, 2.45) is 0 Å². The van der Waals surface area contributed by atoms with E-state index in [2.05, 4.69) is 21.2 Å². The molecule has 4 nitrogen and oxygen atoms in total. The van der Waals surface area contributed by atoms with Crippen LogP contribution in [0.15, 0.2) is 53.0 Å². The molecule has 0 aliphatic heterocycles. The van der Waals surface area contributed by atoms with E-state index in [9.17, 15) is 4.79 Å². The van der Waals surface area contributed by atoms with Gasteiger partial charge in [-0.05, 0) is 55.8 Å².